The molecule has 0 bridgehead atoms. The lowest BCUT2D eigenvalue weighted by Crippen LogP contribution is -2.27. The van der Waals surface area contributed by atoms with E-state index in [9.17, 15) is 14.0 Å². The highest BCUT2D eigenvalue weighted by Gasteiger charge is 2.21. The van der Waals surface area contributed by atoms with E-state index in [1.54, 1.807) is 6.92 Å². The fourth-order valence-electron chi connectivity index (χ4n) is 2.38. The van der Waals surface area contributed by atoms with Gasteiger partial charge in [-0.05, 0) is 37.5 Å². The predicted octanol–water partition coefficient (Wildman–Crippen LogP) is 2.84. The summed E-state index contributed by atoms with van der Waals surface area (Å²) in [5.41, 5.74) is 1.15. The minimum Gasteiger partial charge on any atom is -0.465 e. The third kappa shape index (κ3) is 3.15. The Morgan fingerprint density at radius 2 is 2.00 bits per heavy atom. The minimum atomic E-state index is -0.498. The van der Waals surface area contributed by atoms with Crippen molar-refractivity contribution in [3.8, 4) is 0 Å². The smallest absolute Gasteiger partial charge is 0.339 e. The minimum absolute atomic E-state index is 0.0817. The van der Waals surface area contributed by atoms with E-state index >= 15 is 0 Å². The molecular weight excluding hydrogens is 261 g/mol. The lowest BCUT2D eigenvalue weighted by Gasteiger charge is -2.24. The summed E-state index contributed by atoms with van der Waals surface area (Å²) in [4.78, 5) is 23.0. The molecule has 1 fully saturated rings. The Morgan fingerprint density at radius 1 is 1.35 bits per heavy atom. The largest absolute Gasteiger partial charge is 0.465 e. The predicted molar refractivity (Wildman–Crippen MR) is 73.4 cm³/mol. The van der Waals surface area contributed by atoms with Crippen LogP contribution in [0.4, 0.5) is 10.1 Å². The topological polar surface area (TPSA) is 55.4 Å². The normalized spacial score (nSPS) is 16.1. The first kappa shape index (κ1) is 14.5. The standard InChI is InChI=1S/C15H18FNO3/c1-9-7-12(15(19)20-2)14(8-13(9)16)17-10-3-5-11(18)6-4-10/h7-8,10,17H,3-6H2,1-2H3. The number of carbonyl (C=O) groups excluding carboxylic acids is 2. The Balaban J connectivity index is 2.23. The number of ether oxygens (including phenoxy) is 1. The first-order valence-corrected chi connectivity index (χ1v) is 6.68. The Bertz CT molecular complexity index is 532. The van der Waals surface area contributed by atoms with Crippen molar-refractivity contribution >= 4 is 17.4 Å². The van der Waals surface area contributed by atoms with Crippen molar-refractivity contribution < 1.29 is 18.7 Å². The second kappa shape index (κ2) is 6.03. The Hall–Kier alpha value is -1.91. The summed E-state index contributed by atoms with van der Waals surface area (Å²) in [5, 5.41) is 3.16. The number of rotatable bonds is 3. The summed E-state index contributed by atoms with van der Waals surface area (Å²) < 4.78 is 18.4. The zero-order valence-electron chi connectivity index (χ0n) is 11.7. The van der Waals surface area contributed by atoms with Crippen molar-refractivity contribution in [2.45, 2.75) is 38.6 Å². The van der Waals surface area contributed by atoms with E-state index in [0.29, 0.717) is 42.5 Å². The van der Waals surface area contributed by atoms with Crippen molar-refractivity contribution in [3.05, 3.63) is 29.1 Å². The van der Waals surface area contributed by atoms with Crippen LogP contribution in [-0.4, -0.2) is 24.9 Å². The quantitative estimate of drug-likeness (QED) is 0.864. The molecule has 0 amide bonds. The van der Waals surface area contributed by atoms with Crippen LogP contribution in [-0.2, 0) is 9.53 Å². The molecule has 1 aliphatic carbocycles. The van der Waals surface area contributed by atoms with Gasteiger partial charge in [0.2, 0.25) is 0 Å². The van der Waals surface area contributed by atoms with Gasteiger partial charge in [-0.15, -0.1) is 0 Å². The summed E-state index contributed by atoms with van der Waals surface area (Å²) in [6.45, 7) is 1.60. The molecule has 0 heterocycles. The molecular formula is C15H18FNO3. The third-order valence-corrected chi connectivity index (χ3v) is 3.61. The van der Waals surface area contributed by atoms with Crippen molar-refractivity contribution in [1.82, 2.24) is 0 Å². The molecule has 4 nitrogen and oxygen atoms in total. The molecule has 1 aliphatic rings. The van der Waals surface area contributed by atoms with E-state index in [2.05, 4.69) is 5.32 Å². The fourth-order valence-corrected chi connectivity index (χ4v) is 2.38. The van der Waals surface area contributed by atoms with Crippen LogP contribution in [0.5, 0.6) is 0 Å². The molecule has 1 aromatic rings. The molecule has 108 valence electrons. The molecule has 0 radical (unpaired) electrons. The number of halogens is 1. The van der Waals surface area contributed by atoms with Gasteiger partial charge >= 0.3 is 5.97 Å². The molecule has 0 aromatic heterocycles. The van der Waals surface area contributed by atoms with Crippen LogP contribution in [0, 0.1) is 12.7 Å². The van der Waals surface area contributed by atoms with Crippen molar-refractivity contribution in [2.24, 2.45) is 0 Å². The van der Waals surface area contributed by atoms with Gasteiger partial charge in [-0.3, -0.25) is 4.79 Å². The van der Waals surface area contributed by atoms with Crippen LogP contribution >= 0.6 is 0 Å². The van der Waals surface area contributed by atoms with Gasteiger partial charge in [0.1, 0.15) is 11.6 Å². The summed E-state index contributed by atoms with van der Waals surface area (Å²) in [7, 11) is 1.30. The number of benzene rings is 1. The number of Topliss-reactive ketones (excluding diaryl/α,β-unsaturated/α-hetero) is 1. The zero-order chi connectivity index (χ0) is 14.7. The Kier molecular flexibility index (Phi) is 4.37. The van der Waals surface area contributed by atoms with Gasteiger partial charge in [0, 0.05) is 18.9 Å². The van der Waals surface area contributed by atoms with E-state index < -0.39 is 5.97 Å². The van der Waals surface area contributed by atoms with Crippen LogP contribution in [0.3, 0.4) is 0 Å². The van der Waals surface area contributed by atoms with E-state index in [4.69, 9.17) is 4.74 Å². The lowest BCUT2D eigenvalue weighted by molar-refractivity contribution is -0.120. The number of methoxy groups -OCH3 is 1. The van der Waals surface area contributed by atoms with Gasteiger partial charge in [0.15, 0.2) is 0 Å². The summed E-state index contributed by atoms with van der Waals surface area (Å²) in [6.07, 6.45) is 2.46. The Labute approximate surface area is 117 Å². The van der Waals surface area contributed by atoms with Gasteiger partial charge in [-0.1, -0.05) is 0 Å². The maximum Gasteiger partial charge on any atom is 0.339 e. The number of nitrogens with one attached hydrogen (secondary N) is 1. The fraction of sp³-hybridized carbons (Fsp3) is 0.467. The molecule has 2 rings (SSSR count). The molecule has 1 aromatic carbocycles. The van der Waals surface area contributed by atoms with E-state index in [-0.39, 0.29) is 17.6 Å². The SMILES string of the molecule is COC(=O)c1cc(C)c(F)cc1NC1CCC(=O)CC1. The van der Waals surface area contributed by atoms with Crippen LogP contribution in [0.15, 0.2) is 12.1 Å². The van der Waals surface area contributed by atoms with Crippen LogP contribution in [0.2, 0.25) is 0 Å². The summed E-state index contributed by atoms with van der Waals surface area (Å²) in [6, 6.07) is 2.88. The average Bonchev–Trinajstić information content (AvgIpc) is 2.44. The molecule has 20 heavy (non-hydrogen) atoms. The second-order valence-electron chi connectivity index (χ2n) is 5.10. The molecule has 0 aliphatic heterocycles. The molecule has 5 heteroatoms. The van der Waals surface area contributed by atoms with Gasteiger partial charge in [-0.25, -0.2) is 9.18 Å². The molecule has 0 saturated heterocycles. The monoisotopic (exact) mass is 279 g/mol. The second-order valence-corrected chi connectivity index (χ2v) is 5.10. The number of hydrogen-bond acceptors (Lipinski definition) is 4. The van der Waals surface area contributed by atoms with E-state index in [1.165, 1.54) is 19.2 Å². The molecule has 1 saturated carbocycles. The molecule has 0 spiro atoms. The maximum absolute atomic E-state index is 13.7. The molecule has 1 N–H and O–H groups in total. The first-order valence-electron chi connectivity index (χ1n) is 6.68. The lowest BCUT2D eigenvalue weighted by atomic mass is 9.94. The number of esters is 1. The number of ketones is 1. The molecule has 0 atom stereocenters. The third-order valence-electron chi connectivity index (χ3n) is 3.61. The van der Waals surface area contributed by atoms with Crippen molar-refractivity contribution in [2.75, 3.05) is 12.4 Å². The van der Waals surface area contributed by atoms with E-state index in [1.807, 2.05) is 0 Å². The van der Waals surface area contributed by atoms with Crippen LogP contribution in [0.1, 0.15) is 41.6 Å². The highest BCUT2D eigenvalue weighted by atomic mass is 19.1. The maximum atomic E-state index is 13.7. The van der Waals surface area contributed by atoms with Crippen molar-refractivity contribution in [3.63, 3.8) is 0 Å². The average molecular weight is 279 g/mol. The van der Waals surface area contributed by atoms with Gasteiger partial charge in [0.25, 0.3) is 0 Å². The number of anilines is 1. The van der Waals surface area contributed by atoms with Crippen molar-refractivity contribution in [1.29, 1.82) is 0 Å². The van der Waals surface area contributed by atoms with E-state index in [0.717, 1.165) is 0 Å². The highest BCUT2D eigenvalue weighted by Crippen LogP contribution is 2.25. The number of aryl methyl sites for hydroxylation is 1. The van der Waals surface area contributed by atoms with Gasteiger partial charge in [-0.2, -0.15) is 0 Å². The van der Waals surface area contributed by atoms with Gasteiger partial charge < -0.3 is 10.1 Å². The molecule has 0 unspecified atom stereocenters. The number of hydrogen-bond donors (Lipinski definition) is 1. The summed E-state index contributed by atoms with van der Waals surface area (Å²) >= 11 is 0. The van der Waals surface area contributed by atoms with Crippen LogP contribution in [0.25, 0.3) is 0 Å². The van der Waals surface area contributed by atoms with Crippen LogP contribution < -0.4 is 5.32 Å². The van der Waals surface area contributed by atoms with Gasteiger partial charge in [0.05, 0.1) is 18.4 Å². The zero-order valence-corrected chi connectivity index (χ0v) is 11.7. The number of carbonyl (C=O) groups is 2. The first-order chi connectivity index (χ1) is 9.51. The Morgan fingerprint density at radius 3 is 2.60 bits per heavy atom. The summed E-state index contributed by atoms with van der Waals surface area (Å²) in [5.74, 6) is -0.610. The highest BCUT2D eigenvalue weighted by molar-refractivity contribution is 5.96.